The van der Waals surface area contributed by atoms with E-state index in [2.05, 4.69) is 10.6 Å². The number of halogens is 1. The van der Waals surface area contributed by atoms with Crippen molar-refractivity contribution in [3.05, 3.63) is 0 Å². The van der Waals surface area contributed by atoms with Gasteiger partial charge in [-0.2, -0.15) is 0 Å². The third kappa shape index (κ3) is 4.07. The second kappa shape index (κ2) is 6.60. The molecule has 0 radical (unpaired) electrons. The first-order chi connectivity index (χ1) is 8.85. The molecule has 1 spiro atoms. The predicted molar refractivity (Wildman–Crippen MR) is 80.4 cm³/mol. The largest absolute Gasteiger partial charge is 0.355 e. The van der Waals surface area contributed by atoms with E-state index in [4.69, 9.17) is 0 Å². The number of carbonyl (C=O) groups is 1. The molecule has 2 fully saturated rings. The number of nitrogens with zero attached hydrogens (tertiary/aromatic N) is 1. The van der Waals surface area contributed by atoms with Gasteiger partial charge in [0, 0.05) is 26.1 Å². The Bertz CT molecular complexity index is 449. The third-order valence-corrected chi connectivity index (χ3v) is 5.71. The first-order valence-corrected chi connectivity index (χ1v) is 8.60. The smallest absolute Gasteiger partial charge is 0.223 e. The van der Waals surface area contributed by atoms with E-state index >= 15 is 0 Å². The Morgan fingerprint density at radius 3 is 2.55 bits per heavy atom. The van der Waals surface area contributed by atoms with Gasteiger partial charge in [0.05, 0.1) is 6.26 Å². The van der Waals surface area contributed by atoms with Crippen molar-refractivity contribution < 1.29 is 13.2 Å². The lowest BCUT2D eigenvalue weighted by Crippen LogP contribution is -2.38. The zero-order valence-corrected chi connectivity index (χ0v) is 13.6. The van der Waals surface area contributed by atoms with Gasteiger partial charge in [0.15, 0.2) is 0 Å². The van der Waals surface area contributed by atoms with E-state index in [1.165, 1.54) is 17.6 Å². The molecular weight excluding hydrogens is 302 g/mol. The molecule has 6 nitrogen and oxygen atoms in total. The average molecular weight is 326 g/mol. The molecule has 1 saturated heterocycles. The SMILES string of the molecule is CN(CCNC(=O)C1CC12CCNCC2)S(C)(=O)=O.Cl. The Hall–Kier alpha value is -0.370. The molecular formula is C12H24ClN3O3S. The second-order valence-corrected chi connectivity index (χ2v) is 7.83. The predicted octanol–water partition coefficient (Wildman–Crippen LogP) is -0.194. The number of piperidine rings is 1. The number of hydrogen-bond donors (Lipinski definition) is 2. The van der Waals surface area contributed by atoms with E-state index in [-0.39, 0.29) is 29.6 Å². The molecule has 1 atom stereocenters. The quantitative estimate of drug-likeness (QED) is 0.734. The van der Waals surface area contributed by atoms with Crippen LogP contribution >= 0.6 is 12.4 Å². The van der Waals surface area contributed by atoms with Crippen LogP contribution in [-0.4, -0.2) is 58.1 Å². The summed E-state index contributed by atoms with van der Waals surface area (Å²) in [5.41, 5.74) is 0.234. The summed E-state index contributed by atoms with van der Waals surface area (Å²) in [5.74, 6) is 0.224. The first-order valence-electron chi connectivity index (χ1n) is 6.75. The van der Waals surface area contributed by atoms with Crippen LogP contribution < -0.4 is 10.6 Å². The molecule has 2 rings (SSSR count). The highest BCUT2D eigenvalue weighted by molar-refractivity contribution is 7.88. The summed E-state index contributed by atoms with van der Waals surface area (Å²) < 4.78 is 23.7. The van der Waals surface area contributed by atoms with Gasteiger partial charge in [0.2, 0.25) is 15.9 Å². The maximum atomic E-state index is 12.0. The average Bonchev–Trinajstić information content (AvgIpc) is 3.02. The molecule has 1 amide bonds. The van der Waals surface area contributed by atoms with Gasteiger partial charge in [0.25, 0.3) is 0 Å². The minimum absolute atomic E-state index is 0. The van der Waals surface area contributed by atoms with Gasteiger partial charge in [-0.3, -0.25) is 4.79 Å². The van der Waals surface area contributed by atoms with Crippen molar-refractivity contribution >= 4 is 28.3 Å². The molecule has 1 unspecified atom stereocenters. The molecule has 20 heavy (non-hydrogen) atoms. The summed E-state index contributed by atoms with van der Waals surface area (Å²) >= 11 is 0. The Kier molecular flexibility index (Phi) is 5.83. The topological polar surface area (TPSA) is 78.5 Å². The summed E-state index contributed by atoms with van der Waals surface area (Å²) in [6.45, 7) is 2.71. The van der Waals surface area contributed by atoms with Crippen molar-refractivity contribution in [2.45, 2.75) is 19.3 Å². The van der Waals surface area contributed by atoms with Crippen LogP contribution in [0, 0.1) is 11.3 Å². The minimum Gasteiger partial charge on any atom is -0.355 e. The van der Waals surface area contributed by atoms with Crippen LogP contribution in [0.4, 0.5) is 0 Å². The van der Waals surface area contributed by atoms with Crippen molar-refractivity contribution in [2.24, 2.45) is 11.3 Å². The van der Waals surface area contributed by atoms with E-state index in [0.29, 0.717) is 13.1 Å². The lowest BCUT2D eigenvalue weighted by Gasteiger charge is -2.23. The number of amides is 1. The first kappa shape index (κ1) is 17.7. The fraction of sp³-hybridized carbons (Fsp3) is 0.917. The minimum atomic E-state index is -3.16. The van der Waals surface area contributed by atoms with Crippen LogP contribution in [0.2, 0.25) is 0 Å². The molecule has 0 aromatic heterocycles. The Balaban J connectivity index is 0.00000200. The van der Waals surface area contributed by atoms with Crippen LogP contribution in [0.3, 0.4) is 0 Å². The molecule has 8 heteroatoms. The van der Waals surface area contributed by atoms with E-state index in [0.717, 1.165) is 32.4 Å². The molecule has 0 aromatic rings. The molecule has 1 saturated carbocycles. The van der Waals surface area contributed by atoms with Gasteiger partial charge in [-0.25, -0.2) is 12.7 Å². The van der Waals surface area contributed by atoms with Gasteiger partial charge < -0.3 is 10.6 Å². The lowest BCUT2D eigenvalue weighted by molar-refractivity contribution is -0.123. The molecule has 1 aliphatic carbocycles. The number of nitrogens with one attached hydrogen (secondary N) is 2. The van der Waals surface area contributed by atoms with Gasteiger partial charge in [-0.05, 0) is 37.8 Å². The molecule has 1 aliphatic heterocycles. The Morgan fingerprint density at radius 1 is 1.40 bits per heavy atom. The molecule has 0 bridgehead atoms. The monoisotopic (exact) mass is 325 g/mol. The van der Waals surface area contributed by atoms with Gasteiger partial charge in [-0.15, -0.1) is 12.4 Å². The van der Waals surface area contributed by atoms with E-state index in [9.17, 15) is 13.2 Å². The maximum absolute atomic E-state index is 12.0. The van der Waals surface area contributed by atoms with E-state index in [1.54, 1.807) is 0 Å². The number of hydrogen-bond acceptors (Lipinski definition) is 4. The van der Waals surface area contributed by atoms with Gasteiger partial charge in [-0.1, -0.05) is 0 Å². The molecule has 2 N–H and O–H groups in total. The van der Waals surface area contributed by atoms with E-state index < -0.39 is 10.0 Å². The highest BCUT2D eigenvalue weighted by Gasteiger charge is 2.57. The van der Waals surface area contributed by atoms with Crippen LogP contribution in [0.1, 0.15) is 19.3 Å². The zero-order chi connectivity index (χ0) is 14.1. The normalized spacial score (nSPS) is 24.2. The van der Waals surface area contributed by atoms with Gasteiger partial charge in [0.1, 0.15) is 0 Å². The second-order valence-electron chi connectivity index (χ2n) is 5.74. The fourth-order valence-corrected chi connectivity index (χ4v) is 3.24. The van der Waals surface area contributed by atoms with Crippen molar-refractivity contribution in [3.8, 4) is 0 Å². The third-order valence-electron chi connectivity index (χ3n) is 4.40. The zero-order valence-electron chi connectivity index (χ0n) is 12.0. The number of carbonyl (C=O) groups excluding carboxylic acids is 1. The fourth-order valence-electron chi connectivity index (χ4n) is 2.82. The summed E-state index contributed by atoms with van der Waals surface area (Å²) in [7, 11) is -1.64. The van der Waals surface area contributed by atoms with Crippen LogP contribution in [0.5, 0.6) is 0 Å². The Labute approximate surface area is 127 Å². The summed E-state index contributed by atoms with van der Waals surface area (Å²) in [5, 5.41) is 6.16. The summed E-state index contributed by atoms with van der Waals surface area (Å²) in [6, 6.07) is 0. The maximum Gasteiger partial charge on any atom is 0.223 e. The molecule has 0 aromatic carbocycles. The number of rotatable bonds is 5. The Morgan fingerprint density at radius 2 is 2.00 bits per heavy atom. The number of sulfonamides is 1. The standard InChI is InChI=1S/C12H23N3O3S.ClH/c1-15(19(2,17)18)8-7-14-11(16)10-9-12(10)3-5-13-6-4-12;/h10,13H,3-9H2,1-2H3,(H,14,16);1H. The van der Waals surface area contributed by atoms with E-state index in [1.807, 2.05) is 0 Å². The van der Waals surface area contributed by atoms with Crippen LogP contribution in [0.25, 0.3) is 0 Å². The highest BCUT2D eigenvalue weighted by atomic mass is 35.5. The molecule has 2 aliphatic rings. The lowest BCUT2D eigenvalue weighted by atomic mass is 9.92. The van der Waals surface area contributed by atoms with Gasteiger partial charge >= 0.3 is 0 Å². The highest BCUT2D eigenvalue weighted by Crippen LogP contribution is 2.58. The summed E-state index contributed by atoms with van der Waals surface area (Å²) in [6.07, 6.45) is 4.31. The number of likely N-dealkylation sites (N-methyl/N-ethyl adjacent to an activating group) is 1. The van der Waals surface area contributed by atoms with Crippen LogP contribution in [-0.2, 0) is 14.8 Å². The van der Waals surface area contributed by atoms with Crippen molar-refractivity contribution in [3.63, 3.8) is 0 Å². The summed E-state index contributed by atoms with van der Waals surface area (Å²) in [4.78, 5) is 12.0. The molecule has 118 valence electrons. The van der Waals surface area contributed by atoms with Crippen molar-refractivity contribution in [2.75, 3.05) is 39.5 Å². The van der Waals surface area contributed by atoms with Crippen molar-refractivity contribution in [1.82, 2.24) is 14.9 Å². The van der Waals surface area contributed by atoms with Crippen molar-refractivity contribution in [1.29, 1.82) is 0 Å². The van der Waals surface area contributed by atoms with Crippen LogP contribution in [0.15, 0.2) is 0 Å². The molecule has 1 heterocycles.